The lowest BCUT2D eigenvalue weighted by molar-refractivity contribution is -0.137. The molecule has 0 atom stereocenters. The molecule has 1 aliphatic carbocycles. The van der Waals surface area contributed by atoms with E-state index in [1.165, 1.54) is 25.7 Å². The van der Waals surface area contributed by atoms with Gasteiger partial charge in [0.05, 0.1) is 0 Å². The first-order valence-electron chi connectivity index (χ1n) is 8.62. The van der Waals surface area contributed by atoms with Crippen LogP contribution in [-0.2, 0) is 4.79 Å². The van der Waals surface area contributed by atoms with Crippen LogP contribution in [0, 0.1) is 16.7 Å². The average Bonchev–Trinajstić information content (AvgIpc) is 2.38. The van der Waals surface area contributed by atoms with Gasteiger partial charge in [-0.05, 0) is 61.7 Å². The number of carbonyl (C=O) groups is 1. The summed E-state index contributed by atoms with van der Waals surface area (Å²) in [6, 6.07) is 0. The van der Waals surface area contributed by atoms with Crippen molar-refractivity contribution in [2.45, 2.75) is 85.0 Å². The molecule has 0 unspecified atom stereocenters. The standard InChI is InChI=1S/C18H34O3/c1-17(2,3)15-8-11-18(12-9-15,13-14-19)10-6-4-5-7-16(20)21/h15,19H,4-14H2,1-3H3,(H,20,21). The highest BCUT2D eigenvalue weighted by atomic mass is 16.4. The number of unbranched alkanes of at least 4 members (excludes halogenated alkanes) is 2. The van der Waals surface area contributed by atoms with Crippen LogP contribution in [0.1, 0.15) is 85.0 Å². The van der Waals surface area contributed by atoms with Gasteiger partial charge in [-0.15, -0.1) is 0 Å². The van der Waals surface area contributed by atoms with Gasteiger partial charge >= 0.3 is 5.97 Å². The van der Waals surface area contributed by atoms with Gasteiger partial charge in [-0.1, -0.05) is 33.6 Å². The van der Waals surface area contributed by atoms with Gasteiger partial charge in [-0.2, -0.15) is 0 Å². The van der Waals surface area contributed by atoms with E-state index in [0.717, 1.165) is 38.0 Å². The Morgan fingerprint density at radius 3 is 2.19 bits per heavy atom. The lowest BCUT2D eigenvalue weighted by Crippen LogP contribution is -2.33. The minimum absolute atomic E-state index is 0.287. The topological polar surface area (TPSA) is 57.5 Å². The molecule has 0 spiro atoms. The zero-order chi connectivity index (χ0) is 15.9. The minimum Gasteiger partial charge on any atom is -0.481 e. The molecule has 0 amide bonds. The molecule has 0 heterocycles. The first-order valence-corrected chi connectivity index (χ1v) is 8.62. The quantitative estimate of drug-likeness (QED) is 0.642. The second-order valence-corrected chi connectivity index (χ2v) is 8.07. The monoisotopic (exact) mass is 298 g/mol. The highest BCUT2D eigenvalue weighted by molar-refractivity contribution is 5.66. The number of hydrogen-bond donors (Lipinski definition) is 2. The molecular weight excluding hydrogens is 264 g/mol. The third kappa shape index (κ3) is 6.37. The van der Waals surface area contributed by atoms with Gasteiger partial charge in [0.1, 0.15) is 0 Å². The van der Waals surface area contributed by atoms with Crippen LogP contribution in [0.15, 0.2) is 0 Å². The van der Waals surface area contributed by atoms with Gasteiger partial charge in [0, 0.05) is 13.0 Å². The molecule has 0 radical (unpaired) electrons. The summed E-state index contributed by atoms with van der Waals surface area (Å²) in [5, 5.41) is 18.1. The van der Waals surface area contributed by atoms with Crippen molar-refractivity contribution in [1.82, 2.24) is 0 Å². The third-order valence-electron chi connectivity index (χ3n) is 5.51. The number of aliphatic carboxylic acids is 1. The van der Waals surface area contributed by atoms with Gasteiger partial charge in [-0.25, -0.2) is 0 Å². The van der Waals surface area contributed by atoms with Crippen LogP contribution in [0.25, 0.3) is 0 Å². The summed E-state index contributed by atoms with van der Waals surface area (Å²) in [6.45, 7) is 7.29. The maximum absolute atomic E-state index is 10.5. The first kappa shape index (κ1) is 18.5. The maximum Gasteiger partial charge on any atom is 0.303 e. The van der Waals surface area contributed by atoms with Crippen LogP contribution in [0.4, 0.5) is 0 Å². The van der Waals surface area contributed by atoms with Gasteiger partial charge in [-0.3, -0.25) is 4.79 Å². The van der Waals surface area contributed by atoms with E-state index in [-0.39, 0.29) is 6.61 Å². The fourth-order valence-corrected chi connectivity index (χ4v) is 3.91. The van der Waals surface area contributed by atoms with Crippen LogP contribution in [-0.4, -0.2) is 22.8 Å². The number of carboxylic acid groups (broad SMARTS) is 1. The predicted octanol–water partition coefficient (Wildman–Crippen LogP) is 4.63. The molecule has 3 heteroatoms. The van der Waals surface area contributed by atoms with Crippen molar-refractivity contribution in [2.75, 3.05) is 6.61 Å². The number of hydrogen-bond acceptors (Lipinski definition) is 2. The van der Waals surface area contributed by atoms with E-state index >= 15 is 0 Å². The minimum atomic E-state index is -0.689. The molecule has 3 nitrogen and oxygen atoms in total. The second-order valence-electron chi connectivity index (χ2n) is 8.07. The van der Waals surface area contributed by atoms with E-state index in [0.29, 0.717) is 17.3 Å². The van der Waals surface area contributed by atoms with Crippen molar-refractivity contribution in [3.63, 3.8) is 0 Å². The summed E-state index contributed by atoms with van der Waals surface area (Å²) < 4.78 is 0. The maximum atomic E-state index is 10.5. The summed E-state index contributed by atoms with van der Waals surface area (Å²) in [7, 11) is 0. The smallest absolute Gasteiger partial charge is 0.303 e. The fourth-order valence-electron chi connectivity index (χ4n) is 3.91. The second kappa shape index (κ2) is 8.17. The van der Waals surface area contributed by atoms with Crippen molar-refractivity contribution in [1.29, 1.82) is 0 Å². The number of aliphatic hydroxyl groups is 1. The van der Waals surface area contributed by atoms with Crippen LogP contribution in [0.3, 0.4) is 0 Å². The highest BCUT2D eigenvalue weighted by Crippen LogP contribution is 2.49. The largest absolute Gasteiger partial charge is 0.481 e. The van der Waals surface area contributed by atoms with Crippen LogP contribution >= 0.6 is 0 Å². The Labute approximate surface area is 130 Å². The molecule has 1 fully saturated rings. The molecule has 0 aliphatic heterocycles. The summed E-state index contributed by atoms with van der Waals surface area (Å²) in [5.41, 5.74) is 0.715. The summed E-state index contributed by atoms with van der Waals surface area (Å²) in [5.74, 6) is 0.113. The van der Waals surface area contributed by atoms with E-state index in [1.807, 2.05) is 0 Å². The van der Waals surface area contributed by atoms with Gasteiger partial charge in [0.2, 0.25) is 0 Å². The highest BCUT2D eigenvalue weighted by Gasteiger charge is 2.37. The molecule has 1 aliphatic rings. The molecular formula is C18H34O3. The van der Waals surface area contributed by atoms with E-state index < -0.39 is 5.97 Å². The lowest BCUT2D eigenvalue weighted by atomic mass is 9.61. The van der Waals surface area contributed by atoms with E-state index in [2.05, 4.69) is 20.8 Å². The Hall–Kier alpha value is -0.570. The molecule has 21 heavy (non-hydrogen) atoms. The molecule has 1 saturated carbocycles. The Morgan fingerprint density at radius 1 is 1.10 bits per heavy atom. The SMILES string of the molecule is CC(C)(C)C1CCC(CCO)(CCCCCC(=O)O)CC1. The fraction of sp³-hybridized carbons (Fsp3) is 0.944. The molecule has 124 valence electrons. The van der Waals surface area contributed by atoms with Crippen LogP contribution in [0.2, 0.25) is 0 Å². The van der Waals surface area contributed by atoms with Crippen molar-refractivity contribution >= 4 is 5.97 Å². The Morgan fingerprint density at radius 2 is 1.71 bits per heavy atom. The predicted molar refractivity (Wildman–Crippen MR) is 86.3 cm³/mol. The zero-order valence-corrected chi connectivity index (χ0v) is 14.2. The average molecular weight is 298 g/mol. The molecule has 0 bridgehead atoms. The normalized spacial score (nSPS) is 26.8. The van der Waals surface area contributed by atoms with Crippen molar-refractivity contribution in [3.05, 3.63) is 0 Å². The molecule has 0 saturated heterocycles. The van der Waals surface area contributed by atoms with Crippen LogP contribution < -0.4 is 0 Å². The molecule has 0 aromatic rings. The third-order valence-corrected chi connectivity index (χ3v) is 5.51. The summed E-state index contributed by atoms with van der Waals surface area (Å²) >= 11 is 0. The number of rotatable bonds is 8. The van der Waals surface area contributed by atoms with Gasteiger partial charge < -0.3 is 10.2 Å². The van der Waals surface area contributed by atoms with Gasteiger partial charge in [0.25, 0.3) is 0 Å². The van der Waals surface area contributed by atoms with E-state index in [9.17, 15) is 9.90 Å². The molecule has 1 rings (SSSR count). The van der Waals surface area contributed by atoms with E-state index in [1.54, 1.807) is 0 Å². The first-order chi connectivity index (χ1) is 9.79. The Kier molecular flexibility index (Phi) is 7.19. The van der Waals surface area contributed by atoms with Crippen molar-refractivity contribution < 1.29 is 15.0 Å². The Balaban J connectivity index is 2.40. The van der Waals surface area contributed by atoms with E-state index in [4.69, 9.17) is 5.11 Å². The van der Waals surface area contributed by atoms with Crippen molar-refractivity contribution in [3.8, 4) is 0 Å². The molecule has 0 aromatic carbocycles. The number of aliphatic hydroxyl groups excluding tert-OH is 1. The summed E-state index contributed by atoms with van der Waals surface area (Å²) in [6.07, 6.45) is 10.3. The van der Waals surface area contributed by atoms with Gasteiger partial charge in [0.15, 0.2) is 0 Å². The Bertz CT molecular complexity index is 309. The summed E-state index contributed by atoms with van der Waals surface area (Å²) in [4.78, 5) is 10.5. The molecule has 2 N–H and O–H groups in total. The zero-order valence-electron chi connectivity index (χ0n) is 14.2. The molecule has 0 aromatic heterocycles. The van der Waals surface area contributed by atoms with Crippen molar-refractivity contribution in [2.24, 2.45) is 16.7 Å². The lowest BCUT2D eigenvalue weighted by Gasteiger charge is -2.44. The number of carboxylic acids is 1. The van der Waals surface area contributed by atoms with Crippen LogP contribution in [0.5, 0.6) is 0 Å².